The summed E-state index contributed by atoms with van der Waals surface area (Å²) in [5.41, 5.74) is 0.345. The fraction of sp³-hybridized carbons (Fsp3) is 0.533. The first kappa shape index (κ1) is 17.1. The highest BCUT2D eigenvalue weighted by Gasteiger charge is 2.25. The van der Waals surface area contributed by atoms with E-state index >= 15 is 0 Å². The highest BCUT2D eigenvalue weighted by atomic mass is 16.3. The van der Waals surface area contributed by atoms with Crippen LogP contribution in [0, 0.1) is 5.92 Å². The summed E-state index contributed by atoms with van der Waals surface area (Å²) in [4.78, 5) is 27.9. The summed E-state index contributed by atoms with van der Waals surface area (Å²) in [6.07, 6.45) is 2.83. The van der Waals surface area contributed by atoms with Crippen LogP contribution < -0.4 is 10.6 Å². The number of pyridine rings is 1. The molecule has 0 aliphatic heterocycles. The molecule has 1 rings (SSSR count). The molecule has 116 valence electrons. The number of aromatic nitrogens is 1. The first-order chi connectivity index (χ1) is 9.91. The van der Waals surface area contributed by atoms with Gasteiger partial charge >= 0.3 is 0 Å². The van der Waals surface area contributed by atoms with Crippen molar-refractivity contribution in [1.29, 1.82) is 0 Å². The maximum atomic E-state index is 12.0. The highest BCUT2D eigenvalue weighted by molar-refractivity contribution is 5.97. The van der Waals surface area contributed by atoms with E-state index in [1.807, 2.05) is 0 Å². The normalized spacial score (nSPS) is 13.6. The minimum atomic E-state index is -0.982. The molecule has 0 spiro atoms. The average Bonchev–Trinajstić information content (AvgIpc) is 2.44. The third-order valence-corrected chi connectivity index (χ3v) is 3.00. The second kappa shape index (κ2) is 8.36. The van der Waals surface area contributed by atoms with Gasteiger partial charge in [-0.3, -0.25) is 14.6 Å². The zero-order chi connectivity index (χ0) is 15.8. The van der Waals surface area contributed by atoms with Gasteiger partial charge in [0.15, 0.2) is 0 Å². The van der Waals surface area contributed by atoms with Gasteiger partial charge < -0.3 is 15.7 Å². The lowest BCUT2D eigenvalue weighted by Gasteiger charge is -2.21. The fourth-order valence-electron chi connectivity index (χ4n) is 1.72. The Balaban J connectivity index is 2.61. The topological polar surface area (TPSA) is 91.3 Å². The zero-order valence-corrected chi connectivity index (χ0v) is 12.7. The lowest BCUT2D eigenvalue weighted by Crippen LogP contribution is -2.52. The molecule has 1 heterocycles. The highest BCUT2D eigenvalue weighted by Crippen LogP contribution is 2.01. The van der Waals surface area contributed by atoms with Crippen LogP contribution in [0.5, 0.6) is 0 Å². The predicted octanol–water partition coefficient (Wildman–Crippen LogP) is 0.723. The van der Waals surface area contributed by atoms with Gasteiger partial charge in [0.25, 0.3) is 5.91 Å². The van der Waals surface area contributed by atoms with E-state index in [-0.39, 0.29) is 5.91 Å². The van der Waals surface area contributed by atoms with E-state index in [0.717, 1.165) is 6.42 Å². The Morgan fingerprint density at radius 1 is 1.33 bits per heavy atom. The minimum absolute atomic E-state index is 0.345. The maximum absolute atomic E-state index is 12.0. The molecular formula is C15H23N3O3. The molecular weight excluding hydrogens is 270 g/mol. The number of rotatable bonds is 7. The Kier molecular flexibility index (Phi) is 6.81. The molecule has 1 aromatic heterocycles. The van der Waals surface area contributed by atoms with Gasteiger partial charge in [-0.1, -0.05) is 13.8 Å². The van der Waals surface area contributed by atoms with Crippen LogP contribution in [0.25, 0.3) is 0 Å². The number of aliphatic hydroxyl groups is 1. The molecule has 0 unspecified atom stereocenters. The molecule has 2 amide bonds. The van der Waals surface area contributed by atoms with Crippen molar-refractivity contribution >= 4 is 11.8 Å². The van der Waals surface area contributed by atoms with Crippen LogP contribution >= 0.6 is 0 Å². The van der Waals surface area contributed by atoms with Crippen molar-refractivity contribution in [2.75, 3.05) is 6.54 Å². The van der Waals surface area contributed by atoms with Gasteiger partial charge in [0.05, 0.1) is 11.7 Å². The molecule has 0 aliphatic rings. The molecule has 0 radical (unpaired) electrons. The van der Waals surface area contributed by atoms with Crippen LogP contribution in [0.1, 0.15) is 37.6 Å². The Morgan fingerprint density at radius 2 is 2.05 bits per heavy atom. The summed E-state index contributed by atoms with van der Waals surface area (Å²) in [5, 5.41) is 14.9. The Labute approximate surface area is 125 Å². The smallest absolute Gasteiger partial charge is 0.253 e. The second-order valence-electron chi connectivity index (χ2n) is 5.41. The number of carbonyl (C=O) groups excluding carboxylic acids is 2. The van der Waals surface area contributed by atoms with E-state index in [1.54, 1.807) is 18.3 Å². The van der Waals surface area contributed by atoms with Gasteiger partial charge in [-0.15, -0.1) is 0 Å². The van der Waals surface area contributed by atoms with Crippen molar-refractivity contribution in [3.8, 4) is 0 Å². The molecule has 0 saturated heterocycles. The number of aliphatic hydroxyl groups excluding tert-OH is 1. The number of amides is 2. The van der Waals surface area contributed by atoms with E-state index in [2.05, 4.69) is 29.5 Å². The van der Waals surface area contributed by atoms with Crippen molar-refractivity contribution in [1.82, 2.24) is 15.6 Å². The van der Waals surface area contributed by atoms with Crippen molar-refractivity contribution in [3.05, 3.63) is 30.1 Å². The van der Waals surface area contributed by atoms with Gasteiger partial charge in [0, 0.05) is 18.9 Å². The summed E-state index contributed by atoms with van der Waals surface area (Å²) in [6, 6.07) is 2.25. The van der Waals surface area contributed by atoms with Crippen molar-refractivity contribution in [3.63, 3.8) is 0 Å². The molecule has 2 atom stereocenters. The summed E-state index contributed by atoms with van der Waals surface area (Å²) >= 11 is 0. The molecule has 6 heteroatoms. The Bertz CT molecular complexity index is 460. The van der Waals surface area contributed by atoms with Gasteiger partial charge in [0.1, 0.15) is 6.04 Å². The molecule has 0 bridgehead atoms. The summed E-state index contributed by atoms with van der Waals surface area (Å²) < 4.78 is 0. The van der Waals surface area contributed by atoms with Crippen LogP contribution in [0.2, 0.25) is 0 Å². The van der Waals surface area contributed by atoms with Crippen molar-refractivity contribution < 1.29 is 14.7 Å². The van der Waals surface area contributed by atoms with Crippen LogP contribution in [0.3, 0.4) is 0 Å². The van der Waals surface area contributed by atoms with Crippen LogP contribution in [0.4, 0.5) is 0 Å². The number of carbonyl (C=O) groups is 2. The van der Waals surface area contributed by atoms with Crippen LogP contribution in [0.15, 0.2) is 24.5 Å². The first-order valence-electron chi connectivity index (χ1n) is 7.08. The van der Waals surface area contributed by atoms with Crippen LogP contribution in [-0.4, -0.2) is 40.6 Å². The third-order valence-electron chi connectivity index (χ3n) is 3.00. The van der Waals surface area contributed by atoms with Gasteiger partial charge in [-0.05, 0) is 31.4 Å². The quantitative estimate of drug-likeness (QED) is 0.691. The third kappa shape index (κ3) is 5.91. The number of nitrogens with zero attached hydrogens (tertiary/aromatic N) is 1. The molecule has 0 aliphatic carbocycles. The monoisotopic (exact) mass is 293 g/mol. The summed E-state index contributed by atoms with van der Waals surface area (Å²) in [7, 11) is 0. The van der Waals surface area contributed by atoms with Crippen LogP contribution in [-0.2, 0) is 4.79 Å². The van der Waals surface area contributed by atoms with Gasteiger partial charge in [-0.25, -0.2) is 0 Å². The SMILES string of the molecule is CC(C)CCNC(=O)[C@@H](NC(=O)c1cccnc1)[C@@H](C)O. The second-order valence-corrected chi connectivity index (χ2v) is 5.41. The Hall–Kier alpha value is -1.95. The summed E-state index contributed by atoms with van der Waals surface area (Å²) in [5.74, 6) is -0.351. The minimum Gasteiger partial charge on any atom is -0.391 e. The van der Waals surface area contributed by atoms with Gasteiger partial charge in [0.2, 0.25) is 5.91 Å². The molecule has 0 fully saturated rings. The van der Waals surface area contributed by atoms with Gasteiger partial charge in [-0.2, -0.15) is 0 Å². The van der Waals surface area contributed by atoms with E-state index in [9.17, 15) is 14.7 Å². The Morgan fingerprint density at radius 3 is 2.57 bits per heavy atom. The number of hydrogen-bond donors (Lipinski definition) is 3. The predicted molar refractivity (Wildman–Crippen MR) is 79.6 cm³/mol. The molecule has 0 saturated carbocycles. The average molecular weight is 293 g/mol. The van der Waals surface area contributed by atoms with E-state index in [0.29, 0.717) is 18.0 Å². The number of hydrogen-bond acceptors (Lipinski definition) is 4. The largest absolute Gasteiger partial charge is 0.391 e. The lowest BCUT2D eigenvalue weighted by molar-refractivity contribution is -0.125. The van der Waals surface area contributed by atoms with E-state index in [1.165, 1.54) is 13.1 Å². The fourth-order valence-corrected chi connectivity index (χ4v) is 1.72. The van der Waals surface area contributed by atoms with Crippen molar-refractivity contribution in [2.24, 2.45) is 5.92 Å². The zero-order valence-electron chi connectivity index (χ0n) is 12.7. The molecule has 6 nitrogen and oxygen atoms in total. The molecule has 0 aromatic carbocycles. The standard InChI is InChI=1S/C15H23N3O3/c1-10(2)6-8-17-15(21)13(11(3)19)18-14(20)12-5-4-7-16-9-12/h4-5,7,9-11,13,19H,6,8H2,1-3H3,(H,17,21)(H,18,20)/t11-,13+/m1/s1. The first-order valence-corrected chi connectivity index (χ1v) is 7.08. The summed E-state index contributed by atoms with van der Waals surface area (Å²) in [6.45, 7) is 6.10. The van der Waals surface area contributed by atoms with Crippen molar-refractivity contribution in [2.45, 2.75) is 39.3 Å². The van der Waals surface area contributed by atoms with E-state index < -0.39 is 18.1 Å². The molecule has 21 heavy (non-hydrogen) atoms. The number of nitrogens with one attached hydrogen (secondary N) is 2. The maximum Gasteiger partial charge on any atom is 0.253 e. The molecule has 3 N–H and O–H groups in total. The van der Waals surface area contributed by atoms with E-state index in [4.69, 9.17) is 0 Å². The molecule has 1 aromatic rings. The lowest BCUT2D eigenvalue weighted by atomic mass is 10.1.